The van der Waals surface area contributed by atoms with Gasteiger partial charge in [-0.2, -0.15) is 0 Å². The molecule has 190 valence electrons. The molecular weight excluding hydrogens is 475 g/mol. The zero-order valence-corrected chi connectivity index (χ0v) is 21.5. The lowest BCUT2D eigenvalue weighted by Gasteiger charge is -2.29. The molecule has 1 aromatic heterocycles. The molecule has 0 saturated carbocycles. The fourth-order valence-electron chi connectivity index (χ4n) is 4.34. The summed E-state index contributed by atoms with van der Waals surface area (Å²) in [6, 6.07) is 17.5. The second-order valence-corrected chi connectivity index (χ2v) is 10.3. The number of nitrogens with zero attached hydrogens (tertiary/aromatic N) is 3. The molecule has 0 aliphatic carbocycles. The van der Waals surface area contributed by atoms with E-state index >= 15 is 0 Å². The maximum absolute atomic E-state index is 13.6. The van der Waals surface area contributed by atoms with Crippen LogP contribution in [-0.4, -0.2) is 59.4 Å². The van der Waals surface area contributed by atoms with Gasteiger partial charge >= 0.3 is 6.03 Å². The minimum absolute atomic E-state index is 0.0297. The predicted molar refractivity (Wildman–Crippen MR) is 142 cm³/mol. The van der Waals surface area contributed by atoms with E-state index in [0.29, 0.717) is 25.3 Å². The first kappa shape index (κ1) is 25.9. The standard InChI is InChI=1S/C28H33FN4O2S/c1-22-6-4-7-25(18-22)30-28(35)32(16-15-31-13-2-3-14-31)21-27(34)33(20-26-8-5-17-36-26)19-23-9-11-24(29)12-10-23/h4-12,17-18H,2-3,13-16,19-21H2,1H3,(H,30,35). The number of carbonyl (C=O) groups excluding carboxylic acids is 2. The largest absolute Gasteiger partial charge is 0.332 e. The van der Waals surface area contributed by atoms with Crippen molar-refractivity contribution in [2.24, 2.45) is 0 Å². The molecule has 1 fully saturated rings. The van der Waals surface area contributed by atoms with Gasteiger partial charge in [-0.15, -0.1) is 11.3 Å². The highest BCUT2D eigenvalue weighted by atomic mass is 32.1. The summed E-state index contributed by atoms with van der Waals surface area (Å²) in [7, 11) is 0. The van der Waals surface area contributed by atoms with Gasteiger partial charge in [0.1, 0.15) is 12.4 Å². The van der Waals surface area contributed by atoms with Crippen LogP contribution in [0.15, 0.2) is 66.0 Å². The topological polar surface area (TPSA) is 55.9 Å². The van der Waals surface area contributed by atoms with E-state index in [0.717, 1.165) is 35.6 Å². The molecule has 1 aliphatic heterocycles. The van der Waals surface area contributed by atoms with Crippen molar-refractivity contribution in [3.63, 3.8) is 0 Å². The Bertz CT molecular complexity index is 1130. The summed E-state index contributed by atoms with van der Waals surface area (Å²) in [5.74, 6) is -0.454. The van der Waals surface area contributed by atoms with Crippen LogP contribution in [0, 0.1) is 12.7 Å². The zero-order chi connectivity index (χ0) is 25.3. The highest BCUT2D eigenvalue weighted by molar-refractivity contribution is 7.09. The van der Waals surface area contributed by atoms with E-state index < -0.39 is 0 Å². The number of hydrogen-bond donors (Lipinski definition) is 1. The van der Waals surface area contributed by atoms with Crippen molar-refractivity contribution in [2.75, 3.05) is 38.0 Å². The fraction of sp³-hybridized carbons (Fsp3) is 0.357. The number of nitrogens with one attached hydrogen (secondary N) is 1. The maximum Gasteiger partial charge on any atom is 0.322 e. The monoisotopic (exact) mass is 508 g/mol. The number of benzene rings is 2. The lowest BCUT2D eigenvalue weighted by molar-refractivity contribution is -0.133. The van der Waals surface area contributed by atoms with Crippen molar-refractivity contribution in [3.8, 4) is 0 Å². The maximum atomic E-state index is 13.6. The fourth-order valence-corrected chi connectivity index (χ4v) is 5.06. The van der Waals surface area contributed by atoms with Gasteiger partial charge in [0.05, 0.1) is 6.54 Å². The molecule has 1 N–H and O–H groups in total. The molecule has 36 heavy (non-hydrogen) atoms. The van der Waals surface area contributed by atoms with Crippen molar-refractivity contribution in [1.29, 1.82) is 0 Å². The van der Waals surface area contributed by atoms with Crippen molar-refractivity contribution < 1.29 is 14.0 Å². The summed E-state index contributed by atoms with van der Waals surface area (Å²) in [5.41, 5.74) is 2.60. The molecule has 0 atom stereocenters. The number of likely N-dealkylation sites (tertiary alicyclic amines) is 1. The number of amides is 3. The summed E-state index contributed by atoms with van der Waals surface area (Å²) in [4.78, 5) is 33.6. The molecule has 1 saturated heterocycles. The third kappa shape index (κ3) is 7.63. The van der Waals surface area contributed by atoms with Gasteiger partial charge in [-0.25, -0.2) is 9.18 Å². The molecule has 1 aliphatic rings. The highest BCUT2D eigenvalue weighted by Gasteiger charge is 2.23. The average Bonchev–Trinajstić information content (AvgIpc) is 3.57. The van der Waals surface area contributed by atoms with Crippen LogP contribution >= 0.6 is 11.3 Å². The Morgan fingerprint density at radius 2 is 1.78 bits per heavy atom. The normalized spacial score (nSPS) is 13.5. The summed E-state index contributed by atoms with van der Waals surface area (Å²) in [5, 5.41) is 4.94. The van der Waals surface area contributed by atoms with Crippen LogP contribution in [0.3, 0.4) is 0 Å². The van der Waals surface area contributed by atoms with Gasteiger partial charge in [-0.05, 0) is 79.7 Å². The third-order valence-electron chi connectivity index (χ3n) is 6.33. The summed E-state index contributed by atoms with van der Waals surface area (Å²) < 4.78 is 13.4. The van der Waals surface area contributed by atoms with Gasteiger partial charge in [-0.1, -0.05) is 30.3 Å². The summed E-state index contributed by atoms with van der Waals surface area (Å²) >= 11 is 1.58. The first-order chi connectivity index (χ1) is 17.5. The van der Waals surface area contributed by atoms with Crippen LogP contribution in [0.5, 0.6) is 0 Å². The van der Waals surface area contributed by atoms with Crippen molar-refractivity contribution in [1.82, 2.24) is 14.7 Å². The highest BCUT2D eigenvalue weighted by Crippen LogP contribution is 2.17. The van der Waals surface area contributed by atoms with E-state index in [1.165, 1.54) is 25.0 Å². The van der Waals surface area contributed by atoms with Gasteiger partial charge in [0.25, 0.3) is 0 Å². The van der Waals surface area contributed by atoms with Crippen molar-refractivity contribution in [2.45, 2.75) is 32.9 Å². The van der Waals surface area contributed by atoms with E-state index in [2.05, 4.69) is 10.2 Å². The molecule has 0 spiro atoms. The molecule has 0 bridgehead atoms. The van der Waals surface area contributed by atoms with Crippen LogP contribution in [0.2, 0.25) is 0 Å². The van der Waals surface area contributed by atoms with Gasteiger partial charge in [0.15, 0.2) is 0 Å². The molecule has 0 unspecified atom stereocenters. The minimum Gasteiger partial charge on any atom is -0.332 e. The molecular formula is C28H33FN4O2S. The second-order valence-electron chi connectivity index (χ2n) is 9.23. The third-order valence-corrected chi connectivity index (χ3v) is 7.19. The van der Waals surface area contributed by atoms with E-state index in [1.807, 2.05) is 48.7 Å². The lowest BCUT2D eigenvalue weighted by atomic mass is 10.2. The smallest absolute Gasteiger partial charge is 0.322 e. The summed E-state index contributed by atoms with van der Waals surface area (Å²) in [6.45, 7) is 5.97. The Morgan fingerprint density at radius 1 is 1.00 bits per heavy atom. The number of urea groups is 1. The minimum atomic E-state index is -0.309. The number of thiophene rings is 1. The Hall–Kier alpha value is -3.23. The lowest BCUT2D eigenvalue weighted by Crippen LogP contribution is -2.46. The van der Waals surface area contributed by atoms with Crippen LogP contribution in [0.25, 0.3) is 0 Å². The number of aryl methyl sites for hydroxylation is 1. The zero-order valence-electron chi connectivity index (χ0n) is 20.7. The van der Waals surface area contributed by atoms with Gasteiger partial charge in [-0.3, -0.25) is 4.79 Å². The van der Waals surface area contributed by atoms with E-state index in [9.17, 15) is 14.0 Å². The Morgan fingerprint density at radius 3 is 2.47 bits per heavy atom. The van der Waals surface area contributed by atoms with Gasteiger partial charge < -0.3 is 20.0 Å². The Balaban J connectivity index is 1.49. The quantitative estimate of drug-likeness (QED) is 0.401. The second kappa shape index (κ2) is 12.6. The molecule has 2 aromatic carbocycles. The van der Waals surface area contributed by atoms with E-state index in [4.69, 9.17) is 0 Å². The number of halogens is 1. The molecule has 4 rings (SSSR count). The summed E-state index contributed by atoms with van der Waals surface area (Å²) in [6.07, 6.45) is 2.33. The molecule has 3 amide bonds. The van der Waals surface area contributed by atoms with Gasteiger partial charge in [0, 0.05) is 30.2 Å². The van der Waals surface area contributed by atoms with Crippen molar-refractivity contribution >= 4 is 29.0 Å². The van der Waals surface area contributed by atoms with E-state index in [1.54, 1.807) is 33.3 Å². The molecule has 0 radical (unpaired) electrons. The first-order valence-corrected chi connectivity index (χ1v) is 13.2. The van der Waals surface area contributed by atoms with Crippen LogP contribution in [0.1, 0.15) is 28.8 Å². The Kier molecular flexibility index (Phi) is 9.08. The SMILES string of the molecule is Cc1cccc(NC(=O)N(CCN2CCCC2)CC(=O)N(Cc2ccc(F)cc2)Cc2cccs2)c1. The van der Waals surface area contributed by atoms with Crippen LogP contribution < -0.4 is 5.32 Å². The van der Waals surface area contributed by atoms with Crippen molar-refractivity contribution in [3.05, 3.63) is 87.9 Å². The molecule has 3 aromatic rings. The number of carbonyl (C=O) groups is 2. The van der Waals surface area contributed by atoms with Crippen LogP contribution in [-0.2, 0) is 17.9 Å². The number of anilines is 1. The number of rotatable bonds is 10. The molecule has 8 heteroatoms. The number of hydrogen-bond acceptors (Lipinski definition) is 4. The average molecular weight is 509 g/mol. The van der Waals surface area contributed by atoms with Crippen LogP contribution in [0.4, 0.5) is 14.9 Å². The predicted octanol–water partition coefficient (Wildman–Crippen LogP) is 5.35. The van der Waals surface area contributed by atoms with Gasteiger partial charge in [0.2, 0.25) is 5.91 Å². The Labute approximate surface area is 216 Å². The van der Waals surface area contributed by atoms with E-state index in [-0.39, 0.29) is 24.3 Å². The first-order valence-electron chi connectivity index (χ1n) is 12.4. The molecule has 6 nitrogen and oxygen atoms in total. The molecule has 2 heterocycles.